The summed E-state index contributed by atoms with van der Waals surface area (Å²) in [7, 11) is 0. The van der Waals surface area contributed by atoms with Crippen LogP contribution in [0.25, 0.3) is 0 Å². The minimum atomic E-state index is 0.590. The van der Waals surface area contributed by atoms with E-state index in [4.69, 9.17) is 4.74 Å². The molecule has 0 saturated heterocycles. The molecule has 0 unspecified atom stereocenters. The lowest BCUT2D eigenvalue weighted by Crippen LogP contribution is -1.97. The monoisotopic (exact) mass is 213 g/mol. The molecule has 2 heteroatoms. The third-order valence-corrected chi connectivity index (χ3v) is 2.70. The van der Waals surface area contributed by atoms with Gasteiger partial charge in [0.2, 0.25) is 0 Å². The average Bonchev–Trinajstić information content (AvgIpc) is 2.32. The molecule has 0 aliphatic rings. The fourth-order valence-electron chi connectivity index (χ4n) is 1.52. The largest absolute Gasteiger partial charge is 0.489 e. The van der Waals surface area contributed by atoms with Crippen molar-refractivity contribution in [1.82, 2.24) is 4.98 Å². The molecule has 16 heavy (non-hydrogen) atoms. The van der Waals surface area contributed by atoms with E-state index >= 15 is 0 Å². The van der Waals surface area contributed by atoms with Crippen molar-refractivity contribution in [2.75, 3.05) is 0 Å². The van der Waals surface area contributed by atoms with Gasteiger partial charge in [-0.15, -0.1) is 0 Å². The topological polar surface area (TPSA) is 22.1 Å². The molecular weight excluding hydrogens is 198 g/mol. The normalized spacial score (nSPS) is 10.1. The molecule has 1 aromatic heterocycles. The van der Waals surface area contributed by atoms with Gasteiger partial charge in [0.25, 0.3) is 0 Å². The number of pyridine rings is 1. The van der Waals surface area contributed by atoms with Crippen molar-refractivity contribution < 1.29 is 4.74 Å². The van der Waals surface area contributed by atoms with Crippen LogP contribution in [-0.2, 0) is 6.61 Å². The zero-order chi connectivity index (χ0) is 11.4. The molecule has 0 aliphatic heterocycles. The van der Waals surface area contributed by atoms with Gasteiger partial charge in [-0.25, -0.2) is 0 Å². The standard InChI is InChI=1S/C14H15NO/c1-11-4-3-5-14(12(11)2)16-10-13-6-8-15-9-7-13/h3-9H,10H2,1-2H3. The molecule has 2 aromatic rings. The number of aryl methyl sites for hydroxylation is 1. The van der Waals surface area contributed by atoms with Crippen molar-refractivity contribution >= 4 is 0 Å². The summed E-state index contributed by atoms with van der Waals surface area (Å²) >= 11 is 0. The SMILES string of the molecule is Cc1cccc(OCc2ccncc2)c1C. The second-order valence-electron chi connectivity index (χ2n) is 3.84. The van der Waals surface area contributed by atoms with Gasteiger partial charge in [0.15, 0.2) is 0 Å². The van der Waals surface area contributed by atoms with Crippen LogP contribution in [0.1, 0.15) is 16.7 Å². The van der Waals surface area contributed by atoms with Crippen LogP contribution in [0, 0.1) is 13.8 Å². The Morgan fingerprint density at radius 2 is 1.81 bits per heavy atom. The highest BCUT2D eigenvalue weighted by atomic mass is 16.5. The van der Waals surface area contributed by atoms with Crippen LogP contribution in [0.3, 0.4) is 0 Å². The van der Waals surface area contributed by atoms with E-state index < -0.39 is 0 Å². The first-order valence-corrected chi connectivity index (χ1v) is 5.35. The second kappa shape index (κ2) is 4.79. The molecule has 0 bridgehead atoms. The summed E-state index contributed by atoms with van der Waals surface area (Å²) < 4.78 is 5.78. The molecule has 0 radical (unpaired) electrons. The molecule has 1 heterocycles. The van der Waals surface area contributed by atoms with Crippen molar-refractivity contribution in [1.29, 1.82) is 0 Å². The van der Waals surface area contributed by atoms with Gasteiger partial charge in [0, 0.05) is 12.4 Å². The van der Waals surface area contributed by atoms with Crippen LogP contribution in [0.5, 0.6) is 5.75 Å². The zero-order valence-corrected chi connectivity index (χ0v) is 9.60. The number of nitrogens with zero attached hydrogens (tertiary/aromatic N) is 1. The molecule has 0 saturated carbocycles. The van der Waals surface area contributed by atoms with E-state index in [1.807, 2.05) is 24.3 Å². The van der Waals surface area contributed by atoms with Gasteiger partial charge in [-0.3, -0.25) is 4.98 Å². The van der Waals surface area contributed by atoms with Gasteiger partial charge in [0.1, 0.15) is 12.4 Å². The quantitative estimate of drug-likeness (QED) is 0.780. The third kappa shape index (κ3) is 2.40. The summed E-state index contributed by atoms with van der Waals surface area (Å²) in [6, 6.07) is 10.0. The maximum Gasteiger partial charge on any atom is 0.122 e. The first-order chi connectivity index (χ1) is 7.77. The van der Waals surface area contributed by atoms with Crippen molar-refractivity contribution in [2.24, 2.45) is 0 Å². The van der Waals surface area contributed by atoms with Crippen LogP contribution >= 0.6 is 0 Å². The molecule has 0 aliphatic carbocycles. The Hall–Kier alpha value is -1.83. The van der Waals surface area contributed by atoms with E-state index in [-0.39, 0.29) is 0 Å². The summed E-state index contributed by atoms with van der Waals surface area (Å²) in [6.07, 6.45) is 3.56. The number of benzene rings is 1. The van der Waals surface area contributed by atoms with Crippen LogP contribution in [0.2, 0.25) is 0 Å². The summed E-state index contributed by atoms with van der Waals surface area (Å²) in [4.78, 5) is 3.98. The van der Waals surface area contributed by atoms with E-state index in [0.717, 1.165) is 11.3 Å². The smallest absolute Gasteiger partial charge is 0.122 e. The summed E-state index contributed by atoms with van der Waals surface area (Å²) in [6.45, 7) is 4.76. The Morgan fingerprint density at radius 3 is 2.56 bits per heavy atom. The lowest BCUT2D eigenvalue weighted by Gasteiger charge is -2.10. The molecule has 82 valence electrons. The van der Waals surface area contributed by atoms with E-state index in [2.05, 4.69) is 24.9 Å². The number of aromatic nitrogens is 1. The van der Waals surface area contributed by atoms with Crippen molar-refractivity contribution in [3.63, 3.8) is 0 Å². The molecule has 0 N–H and O–H groups in total. The van der Waals surface area contributed by atoms with Gasteiger partial charge in [-0.2, -0.15) is 0 Å². The predicted octanol–water partition coefficient (Wildman–Crippen LogP) is 3.28. The molecule has 1 aromatic carbocycles. The van der Waals surface area contributed by atoms with Gasteiger partial charge >= 0.3 is 0 Å². The van der Waals surface area contributed by atoms with Gasteiger partial charge in [-0.05, 0) is 48.7 Å². The van der Waals surface area contributed by atoms with E-state index in [0.29, 0.717) is 6.61 Å². The fourth-order valence-corrected chi connectivity index (χ4v) is 1.52. The van der Waals surface area contributed by atoms with E-state index in [1.54, 1.807) is 12.4 Å². The van der Waals surface area contributed by atoms with E-state index in [1.165, 1.54) is 11.1 Å². The molecule has 0 fully saturated rings. The third-order valence-electron chi connectivity index (χ3n) is 2.70. The van der Waals surface area contributed by atoms with Gasteiger partial charge in [0.05, 0.1) is 0 Å². The molecule has 0 amide bonds. The van der Waals surface area contributed by atoms with Crippen molar-refractivity contribution in [3.05, 3.63) is 59.4 Å². The van der Waals surface area contributed by atoms with Crippen LogP contribution in [0.4, 0.5) is 0 Å². The summed E-state index contributed by atoms with van der Waals surface area (Å²) in [5, 5.41) is 0. The Labute approximate surface area is 95.9 Å². The highest BCUT2D eigenvalue weighted by Gasteiger charge is 2.01. The first kappa shape index (κ1) is 10.7. The second-order valence-corrected chi connectivity index (χ2v) is 3.84. The minimum Gasteiger partial charge on any atom is -0.489 e. The molecule has 2 nitrogen and oxygen atoms in total. The first-order valence-electron chi connectivity index (χ1n) is 5.35. The van der Waals surface area contributed by atoms with Gasteiger partial charge in [-0.1, -0.05) is 12.1 Å². The Bertz CT molecular complexity index is 465. The molecule has 0 atom stereocenters. The maximum absolute atomic E-state index is 5.78. The van der Waals surface area contributed by atoms with Crippen LogP contribution in [-0.4, -0.2) is 4.98 Å². The lowest BCUT2D eigenvalue weighted by atomic mass is 10.1. The van der Waals surface area contributed by atoms with Crippen LogP contribution < -0.4 is 4.74 Å². The summed E-state index contributed by atoms with van der Waals surface area (Å²) in [5.41, 5.74) is 3.60. The Balaban J connectivity index is 2.08. The average molecular weight is 213 g/mol. The summed E-state index contributed by atoms with van der Waals surface area (Å²) in [5.74, 6) is 0.955. The molecule has 2 rings (SSSR count). The van der Waals surface area contributed by atoms with E-state index in [9.17, 15) is 0 Å². The van der Waals surface area contributed by atoms with Gasteiger partial charge < -0.3 is 4.74 Å². The zero-order valence-electron chi connectivity index (χ0n) is 9.60. The Morgan fingerprint density at radius 1 is 1.06 bits per heavy atom. The Kier molecular flexibility index (Phi) is 3.20. The van der Waals surface area contributed by atoms with Crippen LogP contribution in [0.15, 0.2) is 42.7 Å². The molecule has 0 spiro atoms. The maximum atomic E-state index is 5.78. The number of hydrogen-bond donors (Lipinski definition) is 0. The highest BCUT2D eigenvalue weighted by molar-refractivity contribution is 5.38. The minimum absolute atomic E-state index is 0.590. The molecular formula is C14H15NO. The number of ether oxygens (including phenoxy) is 1. The number of rotatable bonds is 3. The lowest BCUT2D eigenvalue weighted by molar-refractivity contribution is 0.303. The number of hydrogen-bond acceptors (Lipinski definition) is 2. The van der Waals surface area contributed by atoms with Crippen molar-refractivity contribution in [3.8, 4) is 5.75 Å². The predicted molar refractivity (Wildman–Crippen MR) is 64.5 cm³/mol. The highest BCUT2D eigenvalue weighted by Crippen LogP contribution is 2.21. The van der Waals surface area contributed by atoms with Crippen molar-refractivity contribution in [2.45, 2.75) is 20.5 Å². The fraction of sp³-hybridized carbons (Fsp3) is 0.214.